The molecule has 4 aromatic rings. The first-order valence-corrected chi connectivity index (χ1v) is 9.42. The predicted octanol–water partition coefficient (Wildman–Crippen LogP) is 5.47. The van der Waals surface area contributed by atoms with Crippen molar-refractivity contribution in [3.05, 3.63) is 110 Å². The number of amides is 1. The van der Waals surface area contributed by atoms with E-state index >= 15 is 0 Å². The standard InChI is InChI=1S/C23H12ClF2NO3/c24-13-2-1-3-16(10-13)27-20(12-4-6-14(25)7-5-12)19-21(28)17-11-15(26)8-9-18(17)30-22(19)23(27)29/h1-11,20H. The van der Waals surface area contributed by atoms with Gasteiger partial charge in [-0.25, -0.2) is 8.78 Å². The zero-order valence-corrected chi connectivity index (χ0v) is 16.0. The van der Waals surface area contributed by atoms with Crippen molar-refractivity contribution in [3.63, 3.8) is 0 Å². The first-order valence-electron chi connectivity index (χ1n) is 9.05. The minimum absolute atomic E-state index is 0.0293. The summed E-state index contributed by atoms with van der Waals surface area (Å²) in [5.74, 6) is -1.72. The Labute approximate surface area is 173 Å². The molecule has 1 amide bonds. The Balaban J connectivity index is 1.83. The maximum atomic E-state index is 13.8. The number of nitrogens with zero attached hydrogens (tertiary/aromatic N) is 1. The molecule has 0 fully saturated rings. The first-order chi connectivity index (χ1) is 14.4. The van der Waals surface area contributed by atoms with E-state index in [9.17, 15) is 18.4 Å². The highest BCUT2D eigenvalue weighted by atomic mass is 35.5. The van der Waals surface area contributed by atoms with Crippen LogP contribution in [0.1, 0.15) is 27.7 Å². The molecule has 3 aromatic carbocycles. The van der Waals surface area contributed by atoms with Crippen molar-refractivity contribution in [1.82, 2.24) is 0 Å². The molecular weight excluding hydrogens is 412 g/mol. The summed E-state index contributed by atoms with van der Waals surface area (Å²) in [4.78, 5) is 28.0. The summed E-state index contributed by atoms with van der Waals surface area (Å²) in [6.45, 7) is 0. The van der Waals surface area contributed by atoms with Crippen molar-refractivity contribution in [2.75, 3.05) is 4.90 Å². The Bertz CT molecular complexity index is 1380. The zero-order chi connectivity index (χ0) is 21.0. The van der Waals surface area contributed by atoms with E-state index < -0.39 is 29.0 Å². The second kappa shape index (κ2) is 6.78. The number of rotatable bonds is 2. The van der Waals surface area contributed by atoms with E-state index in [0.717, 1.165) is 12.1 Å². The smallest absolute Gasteiger partial charge is 0.295 e. The Hall–Kier alpha value is -3.51. The Kier molecular flexibility index (Phi) is 4.18. The van der Waals surface area contributed by atoms with Gasteiger partial charge in [0.05, 0.1) is 17.0 Å². The average molecular weight is 424 g/mol. The van der Waals surface area contributed by atoms with Crippen molar-refractivity contribution in [3.8, 4) is 0 Å². The number of hydrogen-bond acceptors (Lipinski definition) is 3. The summed E-state index contributed by atoms with van der Waals surface area (Å²) in [5, 5.41) is 0.433. The van der Waals surface area contributed by atoms with Gasteiger partial charge in [0, 0.05) is 10.7 Å². The summed E-state index contributed by atoms with van der Waals surface area (Å²) in [5.41, 5.74) is 0.622. The van der Waals surface area contributed by atoms with Crippen LogP contribution in [0, 0.1) is 11.6 Å². The van der Waals surface area contributed by atoms with Crippen molar-refractivity contribution >= 4 is 34.2 Å². The molecule has 0 saturated carbocycles. The van der Waals surface area contributed by atoms with Gasteiger partial charge in [0.2, 0.25) is 5.76 Å². The SMILES string of the molecule is O=C1c2oc3ccc(F)cc3c(=O)c2C(c2ccc(F)cc2)N1c1cccc(Cl)c1. The van der Waals surface area contributed by atoms with E-state index in [2.05, 4.69) is 0 Å². The minimum Gasteiger partial charge on any atom is -0.450 e. The Morgan fingerprint density at radius 1 is 0.900 bits per heavy atom. The van der Waals surface area contributed by atoms with Crippen LogP contribution in [-0.4, -0.2) is 5.91 Å². The summed E-state index contributed by atoms with van der Waals surface area (Å²) in [6.07, 6.45) is 0. The molecule has 4 nitrogen and oxygen atoms in total. The maximum Gasteiger partial charge on any atom is 0.295 e. The van der Waals surface area contributed by atoms with Crippen LogP contribution in [0.5, 0.6) is 0 Å². The highest BCUT2D eigenvalue weighted by molar-refractivity contribution is 6.31. The van der Waals surface area contributed by atoms with Crippen molar-refractivity contribution in [2.24, 2.45) is 0 Å². The molecule has 30 heavy (non-hydrogen) atoms. The van der Waals surface area contributed by atoms with Gasteiger partial charge in [0.1, 0.15) is 17.2 Å². The van der Waals surface area contributed by atoms with Crippen molar-refractivity contribution in [1.29, 1.82) is 0 Å². The topological polar surface area (TPSA) is 50.5 Å². The molecule has 5 rings (SSSR count). The van der Waals surface area contributed by atoms with Gasteiger partial charge in [0.25, 0.3) is 5.91 Å². The number of anilines is 1. The fraction of sp³-hybridized carbons (Fsp3) is 0.0435. The summed E-state index contributed by atoms with van der Waals surface area (Å²) >= 11 is 6.12. The first kappa shape index (κ1) is 18.5. The zero-order valence-electron chi connectivity index (χ0n) is 15.2. The lowest BCUT2D eigenvalue weighted by Gasteiger charge is -2.25. The third-order valence-corrected chi connectivity index (χ3v) is 5.34. The van der Waals surface area contributed by atoms with Gasteiger partial charge < -0.3 is 4.42 Å². The molecule has 1 unspecified atom stereocenters. The van der Waals surface area contributed by atoms with Gasteiger partial charge in [-0.15, -0.1) is 0 Å². The number of hydrogen-bond donors (Lipinski definition) is 0. The van der Waals surface area contributed by atoms with Crippen LogP contribution >= 0.6 is 11.6 Å². The molecule has 0 aliphatic carbocycles. The van der Waals surface area contributed by atoms with E-state index in [1.807, 2.05) is 0 Å². The Morgan fingerprint density at radius 3 is 2.37 bits per heavy atom. The largest absolute Gasteiger partial charge is 0.450 e. The van der Waals surface area contributed by atoms with Crippen LogP contribution < -0.4 is 10.3 Å². The third-order valence-electron chi connectivity index (χ3n) is 5.10. The van der Waals surface area contributed by atoms with E-state index in [0.29, 0.717) is 16.3 Å². The van der Waals surface area contributed by atoms with Crippen LogP contribution in [0.4, 0.5) is 14.5 Å². The van der Waals surface area contributed by atoms with E-state index in [-0.39, 0.29) is 22.3 Å². The molecule has 0 N–H and O–H groups in total. The highest BCUT2D eigenvalue weighted by Gasteiger charge is 2.43. The molecule has 0 bridgehead atoms. The third kappa shape index (κ3) is 2.80. The number of fused-ring (bicyclic) bond motifs is 2. The molecule has 0 spiro atoms. The number of halogens is 3. The van der Waals surface area contributed by atoms with E-state index in [4.69, 9.17) is 16.0 Å². The number of carbonyl (C=O) groups is 1. The molecule has 7 heteroatoms. The summed E-state index contributed by atoms with van der Waals surface area (Å²) in [6, 6.07) is 14.8. The Morgan fingerprint density at radius 2 is 1.63 bits per heavy atom. The molecular formula is C23H12ClF2NO3. The molecule has 1 aromatic heterocycles. The molecule has 0 saturated heterocycles. The van der Waals surface area contributed by atoms with Gasteiger partial charge in [-0.2, -0.15) is 0 Å². The maximum absolute atomic E-state index is 13.8. The van der Waals surface area contributed by atoms with Gasteiger partial charge in [-0.3, -0.25) is 14.5 Å². The lowest BCUT2D eigenvalue weighted by molar-refractivity contribution is 0.0971. The van der Waals surface area contributed by atoms with Gasteiger partial charge in [-0.05, 0) is 54.1 Å². The van der Waals surface area contributed by atoms with Crippen LogP contribution in [0.2, 0.25) is 5.02 Å². The van der Waals surface area contributed by atoms with Crippen LogP contribution in [0.3, 0.4) is 0 Å². The second-order valence-electron chi connectivity index (χ2n) is 6.92. The molecule has 0 radical (unpaired) electrons. The summed E-state index contributed by atoms with van der Waals surface area (Å²) < 4.78 is 33.1. The van der Waals surface area contributed by atoms with Crippen LogP contribution in [0.15, 0.2) is 75.9 Å². The van der Waals surface area contributed by atoms with E-state index in [1.54, 1.807) is 24.3 Å². The molecule has 2 heterocycles. The van der Waals surface area contributed by atoms with Crippen molar-refractivity contribution in [2.45, 2.75) is 6.04 Å². The lowest BCUT2D eigenvalue weighted by atomic mass is 9.98. The quantitative estimate of drug-likeness (QED) is 0.429. The number of carbonyl (C=O) groups excluding carboxylic acids is 1. The minimum atomic E-state index is -0.879. The number of benzene rings is 3. The fourth-order valence-corrected chi connectivity index (χ4v) is 3.98. The van der Waals surface area contributed by atoms with E-state index in [1.165, 1.54) is 35.2 Å². The fourth-order valence-electron chi connectivity index (χ4n) is 3.80. The molecule has 1 atom stereocenters. The molecule has 148 valence electrons. The van der Waals surface area contributed by atoms with Crippen molar-refractivity contribution < 1.29 is 18.0 Å². The molecule has 1 aliphatic rings. The monoisotopic (exact) mass is 423 g/mol. The van der Waals surface area contributed by atoms with Gasteiger partial charge in [-0.1, -0.05) is 29.8 Å². The summed E-state index contributed by atoms with van der Waals surface area (Å²) in [7, 11) is 0. The second-order valence-corrected chi connectivity index (χ2v) is 7.36. The predicted molar refractivity (Wildman–Crippen MR) is 109 cm³/mol. The molecule has 1 aliphatic heterocycles. The normalized spacial score (nSPS) is 15.6. The van der Waals surface area contributed by atoms with Gasteiger partial charge in [0.15, 0.2) is 5.43 Å². The lowest BCUT2D eigenvalue weighted by Crippen LogP contribution is -2.29. The average Bonchev–Trinajstić information content (AvgIpc) is 3.02. The van der Waals surface area contributed by atoms with Gasteiger partial charge >= 0.3 is 0 Å². The van der Waals surface area contributed by atoms with Crippen LogP contribution in [0.25, 0.3) is 11.0 Å². The highest BCUT2D eigenvalue weighted by Crippen LogP contribution is 2.41. The van der Waals surface area contributed by atoms with Crippen LogP contribution in [-0.2, 0) is 0 Å².